The molecule has 2 aromatic carbocycles. The number of aryl methyl sites for hydroxylation is 1. The quantitative estimate of drug-likeness (QED) is 0.573. The summed E-state index contributed by atoms with van der Waals surface area (Å²) >= 11 is 0. The Bertz CT molecular complexity index is 1010. The van der Waals surface area contributed by atoms with E-state index in [1.54, 1.807) is 4.90 Å². The van der Waals surface area contributed by atoms with Crippen LogP contribution in [0.1, 0.15) is 56.7 Å². The molecule has 2 heterocycles. The minimum absolute atomic E-state index is 0.0549. The highest BCUT2D eigenvalue weighted by atomic mass is 16.6. The lowest BCUT2D eigenvalue weighted by atomic mass is 9.84. The first-order valence-electron chi connectivity index (χ1n) is 12.3. The Labute approximate surface area is 202 Å². The van der Waals surface area contributed by atoms with Crippen LogP contribution in [0.15, 0.2) is 48.5 Å². The molecular weight excluding hydrogens is 428 g/mol. The Balaban J connectivity index is 1.68. The molecule has 6 heteroatoms. The van der Waals surface area contributed by atoms with E-state index in [0.717, 1.165) is 42.7 Å². The summed E-state index contributed by atoms with van der Waals surface area (Å²) in [7, 11) is 0. The monoisotopic (exact) mass is 464 g/mol. The Kier molecular flexibility index (Phi) is 7.27. The maximum atomic E-state index is 13.2. The van der Waals surface area contributed by atoms with Crippen molar-refractivity contribution in [3.05, 3.63) is 65.2 Å². The first kappa shape index (κ1) is 24.3. The number of rotatable bonds is 5. The van der Waals surface area contributed by atoms with Gasteiger partial charge in [-0.25, -0.2) is 4.79 Å². The van der Waals surface area contributed by atoms with Crippen LogP contribution in [0.4, 0.5) is 10.5 Å². The van der Waals surface area contributed by atoms with Gasteiger partial charge in [0.25, 0.3) is 0 Å². The number of benzene rings is 2. The van der Waals surface area contributed by atoms with Crippen LogP contribution in [0.2, 0.25) is 0 Å². The van der Waals surface area contributed by atoms with E-state index in [2.05, 4.69) is 35.2 Å². The Morgan fingerprint density at radius 3 is 2.50 bits per heavy atom. The fraction of sp³-hybridized carbons (Fsp3) is 0.500. The number of carbonyl (C=O) groups is 2. The first-order chi connectivity index (χ1) is 16.3. The third-order valence-corrected chi connectivity index (χ3v) is 6.50. The van der Waals surface area contributed by atoms with Gasteiger partial charge >= 0.3 is 12.1 Å². The van der Waals surface area contributed by atoms with Crippen molar-refractivity contribution in [2.45, 2.75) is 58.6 Å². The van der Waals surface area contributed by atoms with Crippen molar-refractivity contribution in [3.63, 3.8) is 0 Å². The molecule has 182 valence electrons. The fourth-order valence-electron chi connectivity index (χ4n) is 5.14. The fourth-order valence-corrected chi connectivity index (χ4v) is 5.14. The van der Waals surface area contributed by atoms with Gasteiger partial charge in [0.15, 0.2) is 0 Å². The number of hydrogen-bond acceptors (Lipinski definition) is 5. The molecule has 0 N–H and O–H groups in total. The number of esters is 1. The number of para-hydroxylation sites is 1. The van der Waals surface area contributed by atoms with Gasteiger partial charge < -0.3 is 9.47 Å². The minimum Gasteiger partial charge on any atom is -0.466 e. The van der Waals surface area contributed by atoms with Crippen LogP contribution in [0.25, 0.3) is 0 Å². The SMILES string of the molecule is CCOC(=O)[C@H]1CN(Cc2ccccc2)C[C@@H]1c1cccc2c1N(C(=O)OC(C)(C)C)CCC2. The third-order valence-electron chi connectivity index (χ3n) is 6.50. The standard InChI is InChI=1S/C28H36N2O4/c1-5-33-26(31)24-19-29(17-20-11-7-6-8-12-20)18-23(24)22-15-9-13-21-14-10-16-30(25(21)22)27(32)34-28(2,3)4/h6-9,11-13,15,23-24H,5,10,14,16-19H2,1-4H3/t23-,24+/m1/s1. The molecule has 1 saturated heterocycles. The third kappa shape index (κ3) is 5.44. The number of carbonyl (C=O) groups excluding carboxylic acids is 2. The maximum absolute atomic E-state index is 13.2. The van der Waals surface area contributed by atoms with E-state index in [9.17, 15) is 9.59 Å². The summed E-state index contributed by atoms with van der Waals surface area (Å²) in [6.07, 6.45) is 1.47. The molecule has 0 saturated carbocycles. The zero-order valence-corrected chi connectivity index (χ0v) is 20.8. The highest BCUT2D eigenvalue weighted by molar-refractivity contribution is 5.91. The van der Waals surface area contributed by atoms with Gasteiger partial charge in [0.05, 0.1) is 18.2 Å². The van der Waals surface area contributed by atoms with Crippen LogP contribution in [0, 0.1) is 5.92 Å². The van der Waals surface area contributed by atoms with E-state index in [1.165, 1.54) is 5.56 Å². The summed E-state index contributed by atoms with van der Waals surface area (Å²) < 4.78 is 11.2. The predicted octanol–water partition coefficient (Wildman–Crippen LogP) is 5.15. The van der Waals surface area contributed by atoms with Crippen LogP contribution < -0.4 is 4.90 Å². The van der Waals surface area contributed by atoms with Crippen LogP contribution in [0.3, 0.4) is 0 Å². The second kappa shape index (κ2) is 10.2. The number of likely N-dealkylation sites (tertiary alicyclic amines) is 1. The van der Waals surface area contributed by atoms with Crippen molar-refractivity contribution in [1.29, 1.82) is 0 Å². The molecule has 0 bridgehead atoms. The molecule has 0 spiro atoms. The molecule has 2 aliphatic heterocycles. The molecule has 0 unspecified atom stereocenters. The van der Waals surface area contributed by atoms with Crippen molar-refractivity contribution in [2.24, 2.45) is 5.92 Å². The number of fused-ring (bicyclic) bond motifs is 1. The Hall–Kier alpha value is -2.86. The molecule has 1 fully saturated rings. The molecule has 0 radical (unpaired) electrons. The van der Waals surface area contributed by atoms with Gasteiger partial charge in [-0.2, -0.15) is 0 Å². The maximum Gasteiger partial charge on any atom is 0.414 e. The summed E-state index contributed by atoms with van der Waals surface area (Å²) in [5, 5.41) is 0. The van der Waals surface area contributed by atoms with Crippen molar-refractivity contribution in [2.75, 3.05) is 31.1 Å². The van der Waals surface area contributed by atoms with Crippen molar-refractivity contribution in [3.8, 4) is 0 Å². The van der Waals surface area contributed by atoms with Gasteiger partial charge in [0, 0.05) is 32.1 Å². The molecule has 0 aromatic heterocycles. The van der Waals surface area contributed by atoms with Gasteiger partial charge in [-0.1, -0.05) is 48.5 Å². The van der Waals surface area contributed by atoms with Crippen LogP contribution in [0.5, 0.6) is 0 Å². The normalized spacial score (nSPS) is 20.6. The highest BCUT2D eigenvalue weighted by Crippen LogP contribution is 2.42. The van der Waals surface area contributed by atoms with Gasteiger partial charge in [-0.3, -0.25) is 14.6 Å². The van der Waals surface area contributed by atoms with E-state index in [-0.39, 0.29) is 23.9 Å². The van der Waals surface area contributed by atoms with E-state index < -0.39 is 5.60 Å². The molecule has 2 aromatic rings. The topological polar surface area (TPSA) is 59.1 Å². The lowest BCUT2D eigenvalue weighted by Gasteiger charge is -2.35. The van der Waals surface area contributed by atoms with Crippen molar-refractivity contribution < 1.29 is 19.1 Å². The summed E-state index contributed by atoms with van der Waals surface area (Å²) in [5.41, 5.74) is 3.74. The molecule has 0 aliphatic carbocycles. The second-order valence-corrected chi connectivity index (χ2v) is 10.2. The van der Waals surface area contributed by atoms with Crippen LogP contribution in [-0.4, -0.2) is 48.8 Å². The summed E-state index contributed by atoms with van der Waals surface area (Å²) in [6, 6.07) is 16.5. The van der Waals surface area contributed by atoms with Crippen molar-refractivity contribution in [1.82, 2.24) is 4.90 Å². The number of hydrogen-bond donors (Lipinski definition) is 0. The van der Waals surface area contributed by atoms with Gasteiger partial charge in [-0.15, -0.1) is 0 Å². The summed E-state index contributed by atoms with van der Waals surface area (Å²) in [4.78, 5) is 30.3. The predicted molar refractivity (Wildman–Crippen MR) is 133 cm³/mol. The zero-order chi connectivity index (χ0) is 24.3. The zero-order valence-electron chi connectivity index (χ0n) is 20.8. The molecule has 6 nitrogen and oxygen atoms in total. The van der Waals surface area contributed by atoms with Gasteiger partial charge in [0.1, 0.15) is 5.60 Å². The minimum atomic E-state index is -0.572. The average Bonchev–Trinajstić information content (AvgIpc) is 3.21. The molecule has 34 heavy (non-hydrogen) atoms. The van der Waals surface area contributed by atoms with Crippen LogP contribution >= 0.6 is 0 Å². The first-order valence-corrected chi connectivity index (χ1v) is 12.3. The van der Waals surface area contributed by atoms with Gasteiger partial charge in [-0.05, 0) is 57.2 Å². The molecule has 2 aliphatic rings. The summed E-state index contributed by atoms with van der Waals surface area (Å²) in [6.45, 7) is 10.6. The Morgan fingerprint density at radius 1 is 1.03 bits per heavy atom. The van der Waals surface area contributed by atoms with Gasteiger partial charge in [0.2, 0.25) is 0 Å². The van der Waals surface area contributed by atoms with Crippen LogP contribution in [-0.2, 0) is 27.2 Å². The van der Waals surface area contributed by atoms with E-state index in [4.69, 9.17) is 9.47 Å². The highest BCUT2D eigenvalue weighted by Gasteiger charge is 2.42. The molecular formula is C28H36N2O4. The van der Waals surface area contributed by atoms with Crippen molar-refractivity contribution >= 4 is 17.7 Å². The summed E-state index contributed by atoms with van der Waals surface area (Å²) in [5.74, 6) is -0.501. The molecule has 1 amide bonds. The second-order valence-electron chi connectivity index (χ2n) is 10.2. The number of ether oxygens (including phenoxy) is 2. The van der Waals surface area contributed by atoms with E-state index >= 15 is 0 Å². The number of amides is 1. The van der Waals surface area contributed by atoms with E-state index in [0.29, 0.717) is 19.7 Å². The lowest BCUT2D eigenvalue weighted by molar-refractivity contribution is -0.148. The molecule has 4 rings (SSSR count). The number of nitrogens with zero attached hydrogens (tertiary/aromatic N) is 2. The lowest BCUT2D eigenvalue weighted by Crippen LogP contribution is -2.41. The smallest absolute Gasteiger partial charge is 0.414 e. The average molecular weight is 465 g/mol. The largest absolute Gasteiger partial charge is 0.466 e. The number of anilines is 1. The Morgan fingerprint density at radius 2 is 1.79 bits per heavy atom. The van der Waals surface area contributed by atoms with E-state index in [1.807, 2.05) is 45.9 Å². The molecule has 2 atom stereocenters.